The van der Waals surface area contributed by atoms with Gasteiger partial charge in [-0.25, -0.2) is 0 Å². The van der Waals surface area contributed by atoms with Gasteiger partial charge in [-0.05, 0) is 70.4 Å². The molecule has 0 bridgehead atoms. The van der Waals surface area contributed by atoms with Crippen molar-refractivity contribution in [2.75, 3.05) is 46.8 Å². The molecule has 4 nitrogen and oxygen atoms in total. The Labute approximate surface area is 159 Å². The number of amides is 1. The molecule has 0 unspecified atom stereocenters. The molecule has 2 aliphatic heterocycles. The summed E-state index contributed by atoms with van der Waals surface area (Å²) in [4.78, 5) is 20.1. The molecule has 1 amide bonds. The number of likely N-dealkylation sites (tertiary alicyclic amines) is 1. The topological polar surface area (TPSA) is 26.8 Å². The Morgan fingerprint density at radius 1 is 1.00 bits per heavy atom. The van der Waals surface area contributed by atoms with Crippen molar-refractivity contribution in [3.05, 3.63) is 35.4 Å². The van der Waals surface area contributed by atoms with Gasteiger partial charge in [0.1, 0.15) is 0 Å². The van der Waals surface area contributed by atoms with Crippen LogP contribution in [-0.4, -0.2) is 73.0 Å². The Balaban J connectivity index is 1.60. The predicted octanol–water partition coefficient (Wildman–Crippen LogP) is 2.81. The zero-order valence-corrected chi connectivity index (χ0v) is 16.8. The lowest BCUT2D eigenvalue weighted by molar-refractivity contribution is -0.132. The molecule has 0 atom stereocenters. The molecule has 0 radical (unpaired) electrons. The van der Waals surface area contributed by atoms with Gasteiger partial charge in [-0.3, -0.25) is 9.69 Å². The Morgan fingerprint density at radius 3 is 2.31 bits per heavy atom. The lowest BCUT2D eigenvalue weighted by atomic mass is 9.85. The van der Waals surface area contributed by atoms with Crippen LogP contribution >= 0.6 is 0 Å². The lowest BCUT2D eigenvalue weighted by Gasteiger charge is -2.47. The van der Waals surface area contributed by atoms with E-state index in [1.165, 1.54) is 24.0 Å². The van der Waals surface area contributed by atoms with Crippen LogP contribution < -0.4 is 0 Å². The number of rotatable bonds is 4. The van der Waals surface area contributed by atoms with Gasteiger partial charge in [0, 0.05) is 31.6 Å². The van der Waals surface area contributed by atoms with Crippen LogP contribution in [0.3, 0.4) is 0 Å². The maximum Gasteiger partial charge on any atom is 0.222 e. The van der Waals surface area contributed by atoms with Crippen molar-refractivity contribution >= 4 is 5.91 Å². The maximum absolute atomic E-state index is 12.9. The molecule has 2 aliphatic rings. The van der Waals surface area contributed by atoms with E-state index in [1.807, 2.05) is 0 Å². The molecule has 1 aromatic carbocycles. The number of likely N-dealkylation sites (N-methyl/N-ethyl adjacent to an activating group) is 1. The number of hydrogen-bond donors (Lipinski definition) is 0. The van der Waals surface area contributed by atoms with Crippen molar-refractivity contribution < 1.29 is 4.79 Å². The highest BCUT2D eigenvalue weighted by atomic mass is 16.2. The van der Waals surface area contributed by atoms with E-state index in [1.54, 1.807) is 0 Å². The fraction of sp³-hybridized carbons (Fsp3) is 0.682. The van der Waals surface area contributed by atoms with Gasteiger partial charge < -0.3 is 9.80 Å². The van der Waals surface area contributed by atoms with Crippen LogP contribution in [0.15, 0.2) is 24.3 Å². The van der Waals surface area contributed by atoms with Crippen LogP contribution in [0.5, 0.6) is 0 Å². The normalized spacial score (nSPS) is 21.7. The molecule has 2 fully saturated rings. The molecule has 0 aliphatic carbocycles. The number of benzene rings is 1. The molecule has 1 aromatic rings. The summed E-state index contributed by atoms with van der Waals surface area (Å²) in [5.74, 6) is 0.332. The minimum absolute atomic E-state index is 0.182. The Hall–Kier alpha value is -1.39. The lowest BCUT2D eigenvalue weighted by Crippen LogP contribution is -2.58. The van der Waals surface area contributed by atoms with E-state index in [4.69, 9.17) is 0 Å². The predicted molar refractivity (Wildman–Crippen MR) is 107 cm³/mol. The van der Waals surface area contributed by atoms with Crippen molar-refractivity contribution in [3.8, 4) is 0 Å². The first-order chi connectivity index (χ1) is 12.5. The van der Waals surface area contributed by atoms with Gasteiger partial charge in [-0.15, -0.1) is 0 Å². The van der Waals surface area contributed by atoms with Gasteiger partial charge in [0.15, 0.2) is 0 Å². The standard InChI is InChI=1S/C22H35N3O/c1-4-19-6-8-20(9-7-19)10-11-21(26)25-15-5-14-24(3)22(18-25)12-16-23(2)17-13-22/h6-9H,4-5,10-18H2,1-3H3. The van der Waals surface area contributed by atoms with E-state index in [0.29, 0.717) is 12.3 Å². The van der Waals surface area contributed by atoms with Crippen LogP contribution in [0.4, 0.5) is 0 Å². The minimum Gasteiger partial charge on any atom is -0.341 e. The second-order valence-electron chi connectivity index (χ2n) is 8.29. The molecule has 4 heteroatoms. The van der Waals surface area contributed by atoms with Crippen molar-refractivity contribution in [2.24, 2.45) is 0 Å². The van der Waals surface area contributed by atoms with E-state index in [2.05, 4.69) is 60.0 Å². The molecule has 2 saturated heterocycles. The average Bonchev–Trinajstić information content (AvgIpc) is 2.82. The molecular weight excluding hydrogens is 322 g/mol. The Bertz CT molecular complexity index is 590. The highest BCUT2D eigenvalue weighted by molar-refractivity contribution is 5.76. The number of nitrogens with zero attached hydrogens (tertiary/aromatic N) is 3. The molecule has 2 heterocycles. The molecule has 0 saturated carbocycles. The molecule has 144 valence electrons. The smallest absolute Gasteiger partial charge is 0.222 e. The van der Waals surface area contributed by atoms with Crippen LogP contribution in [-0.2, 0) is 17.6 Å². The van der Waals surface area contributed by atoms with Gasteiger partial charge in [0.2, 0.25) is 5.91 Å². The highest BCUT2D eigenvalue weighted by Gasteiger charge is 2.41. The van der Waals surface area contributed by atoms with E-state index in [0.717, 1.165) is 52.0 Å². The van der Waals surface area contributed by atoms with Gasteiger partial charge >= 0.3 is 0 Å². The Kier molecular flexibility index (Phi) is 6.36. The largest absolute Gasteiger partial charge is 0.341 e. The van der Waals surface area contributed by atoms with Crippen molar-refractivity contribution in [1.82, 2.24) is 14.7 Å². The monoisotopic (exact) mass is 357 g/mol. The average molecular weight is 358 g/mol. The number of carbonyl (C=O) groups is 1. The maximum atomic E-state index is 12.9. The summed E-state index contributed by atoms with van der Waals surface area (Å²) in [5.41, 5.74) is 2.82. The first-order valence-electron chi connectivity index (χ1n) is 10.3. The van der Waals surface area contributed by atoms with Crippen LogP contribution in [0.2, 0.25) is 0 Å². The summed E-state index contributed by atoms with van der Waals surface area (Å²) >= 11 is 0. The van der Waals surface area contributed by atoms with Gasteiger partial charge in [0.05, 0.1) is 0 Å². The zero-order valence-electron chi connectivity index (χ0n) is 16.8. The van der Waals surface area contributed by atoms with E-state index < -0.39 is 0 Å². The number of carbonyl (C=O) groups excluding carboxylic acids is 1. The third kappa shape index (κ3) is 4.47. The fourth-order valence-electron chi connectivity index (χ4n) is 4.43. The Morgan fingerprint density at radius 2 is 1.65 bits per heavy atom. The summed E-state index contributed by atoms with van der Waals surface area (Å²) in [5, 5.41) is 0. The molecule has 3 rings (SSSR count). The highest BCUT2D eigenvalue weighted by Crippen LogP contribution is 2.31. The van der Waals surface area contributed by atoms with Crippen molar-refractivity contribution in [3.63, 3.8) is 0 Å². The molecule has 26 heavy (non-hydrogen) atoms. The van der Waals surface area contributed by atoms with Gasteiger partial charge in [-0.2, -0.15) is 0 Å². The van der Waals surface area contributed by atoms with Crippen molar-refractivity contribution in [2.45, 2.75) is 51.0 Å². The van der Waals surface area contributed by atoms with Crippen LogP contribution in [0, 0.1) is 0 Å². The van der Waals surface area contributed by atoms with Gasteiger partial charge in [0.25, 0.3) is 0 Å². The summed E-state index contributed by atoms with van der Waals surface area (Å²) in [6.45, 7) is 7.37. The van der Waals surface area contributed by atoms with Crippen LogP contribution in [0.25, 0.3) is 0 Å². The molecule has 0 N–H and O–H groups in total. The third-order valence-electron chi connectivity index (χ3n) is 6.55. The fourth-order valence-corrected chi connectivity index (χ4v) is 4.43. The second-order valence-corrected chi connectivity index (χ2v) is 8.29. The minimum atomic E-state index is 0.182. The number of aryl methyl sites for hydroxylation is 2. The summed E-state index contributed by atoms with van der Waals surface area (Å²) < 4.78 is 0. The summed E-state index contributed by atoms with van der Waals surface area (Å²) in [6.07, 6.45) is 5.98. The zero-order chi connectivity index (χ0) is 18.6. The third-order valence-corrected chi connectivity index (χ3v) is 6.55. The van der Waals surface area contributed by atoms with Gasteiger partial charge in [-0.1, -0.05) is 31.2 Å². The van der Waals surface area contributed by atoms with Crippen LogP contribution in [0.1, 0.15) is 43.7 Å². The summed E-state index contributed by atoms with van der Waals surface area (Å²) in [6, 6.07) is 8.74. The molecule has 1 spiro atoms. The van der Waals surface area contributed by atoms with E-state index in [9.17, 15) is 4.79 Å². The number of piperidine rings is 1. The first kappa shape index (κ1) is 19.4. The van der Waals surface area contributed by atoms with Crippen molar-refractivity contribution in [1.29, 1.82) is 0 Å². The SMILES string of the molecule is CCc1ccc(CCC(=O)N2CCCN(C)C3(CCN(C)CC3)C2)cc1. The summed E-state index contributed by atoms with van der Waals surface area (Å²) in [7, 11) is 4.46. The first-order valence-corrected chi connectivity index (χ1v) is 10.3. The molecular formula is C22H35N3O. The second kappa shape index (κ2) is 8.53. The number of hydrogen-bond acceptors (Lipinski definition) is 3. The quantitative estimate of drug-likeness (QED) is 0.829. The van der Waals surface area contributed by atoms with E-state index in [-0.39, 0.29) is 5.54 Å². The molecule has 0 aromatic heterocycles. The van der Waals surface area contributed by atoms with E-state index >= 15 is 0 Å².